The Morgan fingerprint density at radius 2 is 1.83 bits per heavy atom. The molecule has 1 aromatic rings. The minimum absolute atomic E-state index is 0.124. The molecular formula is C21H26N2O5S. The Morgan fingerprint density at radius 3 is 2.41 bits per heavy atom. The first-order chi connectivity index (χ1) is 14.0. The fourth-order valence-corrected chi connectivity index (χ4v) is 4.31. The standard InChI is InChI=1S/C21H26N2O5S/c1-14-7-5-6-11-22(14)18(24)13-28-21(27)17(10-12-29-2)23-19(25)15-8-3-4-9-16(15)20(23)26/h3-4,8-9,14,17H,5-7,10-13H2,1-2H3/t14-,17-/m0/s1. The Kier molecular flexibility index (Phi) is 6.95. The second-order valence-electron chi connectivity index (χ2n) is 7.36. The van der Waals surface area contributed by atoms with Gasteiger partial charge in [-0.15, -0.1) is 0 Å². The van der Waals surface area contributed by atoms with Crippen molar-refractivity contribution in [2.75, 3.05) is 25.2 Å². The lowest BCUT2D eigenvalue weighted by Gasteiger charge is -2.33. The Labute approximate surface area is 174 Å². The minimum Gasteiger partial charge on any atom is -0.454 e. The smallest absolute Gasteiger partial charge is 0.329 e. The second-order valence-corrected chi connectivity index (χ2v) is 8.35. The summed E-state index contributed by atoms with van der Waals surface area (Å²) in [4.78, 5) is 53.5. The fraction of sp³-hybridized carbons (Fsp3) is 0.524. The molecule has 0 bridgehead atoms. The predicted molar refractivity (Wildman–Crippen MR) is 110 cm³/mol. The zero-order chi connectivity index (χ0) is 21.0. The highest BCUT2D eigenvalue weighted by Crippen LogP contribution is 2.26. The van der Waals surface area contributed by atoms with E-state index in [1.807, 2.05) is 13.2 Å². The average Bonchev–Trinajstić information content (AvgIpc) is 2.98. The fourth-order valence-electron chi connectivity index (χ4n) is 3.85. The number of piperidine rings is 1. The molecule has 1 aromatic carbocycles. The van der Waals surface area contributed by atoms with Gasteiger partial charge in [0, 0.05) is 12.6 Å². The summed E-state index contributed by atoms with van der Waals surface area (Å²) in [5, 5.41) is 0. The molecular weight excluding hydrogens is 392 g/mol. The van der Waals surface area contributed by atoms with Crippen LogP contribution in [0.2, 0.25) is 0 Å². The van der Waals surface area contributed by atoms with Crippen molar-refractivity contribution in [3.63, 3.8) is 0 Å². The summed E-state index contributed by atoms with van der Waals surface area (Å²) in [6.07, 6.45) is 5.12. The number of nitrogens with zero attached hydrogens (tertiary/aromatic N) is 2. The Bertz CT molecular complexity index is 777. The van der Waals surface area contributed by atoms with Gasteiger partial charge in [-0.3, -0.25) is 19.3 Å². The monoisotopic (exact) mass is 418 g/mol. The number of hydrogen-bond donors (Lipinski definition) is 0. The van der Waals surface area contributed by atoms with Crippen LogP contribution in [0.1, 0.15) is 53.3 Å². The molecule has 2 aliphatic heterocycles. The molecule has 3 amide bonds. The van der Waals surface area contributed by atoms with E-state index in [9.17, 15) is 19.2 Å². The molecule has 2 heterocycles. The minimum atomic E-state index is -1.04. The maximum atomic E-state index is 12.8. The van der Waals surface area contributed by atoms with Gasteiger partial charge in [0.2, 0.25) is 0 Å². The van der Waals surface area contributed by atoms with Crippen molar-refractivity contribution in [2.24, 2.45) is 0 Å². The van der Waals surface area contributed by atoms with Crippen molar-refractivity contribution in [2.45, 2.75) is 44.7 Å². The molecule has 1 fully saturated rings. The average molecular weight is 419 g/mol. The van der Waals surface area contributed by atoms with E-state index in [0.717, 1.165) is 24.2 Å². The maximum Gasteiger partial charge on any atom is 0.329 e. The zero-order valence-electron chi connectivity index (χ0n) is 16.8. The lowest BCUT2D eigenvalue weighted by molar-refractivity contribution is -0.156. The summed E-state index contributed by atoms with van der Waals surface area (Å²) >= 11 is 1.51. The van der Waals surface area contributed by atoms with E-state index in [0.29, 0.717) is 12.3 Å². The van der Waals surface area contributed by atoms with Gasteiger partial charge < -0.3 is 9.64 Å². The van der Waals surface area contributed by atoms with Crippen LogP contribution in [0.15, 0.2) is 24.3 Å². The molecule has 156 valence electrons. The van der Waals surface area contributed by atoms with Crippen LogP contribution in [0.3, 0.4) is 0 Å². The van der Waals surface area contributed by atoms with Crippen molar-refractivity contribution < 1.29 is 23.9 Å². The molecule has 0 aromatic heterocycles. The molecule has 29 heavy (non-hydrogen) atoms. The van der Waals surface area contributed by atoms with Gasteiger partial charge in [0.1, 0.15) is 6.04 Å². The van der Waals surface area contributed by atoms with E-state index in [2.05, 4.69) is 0 Å². The van der Waals surface area contributed by atoms with Gasteiger partial charge in [-0.2, -0.15) is 11.8 Å². The van der Waals surface area contributed by atoms with E-state index in [-0.39, 0.29) is 36.1 Å². The van der Waals surface area contributed by atoms with Crippen LogP contribution < -0.4 is 0 Å². The van der Waals surface area contributed by atoms with Crippen LogP contribution in [0, 0.1) is 0 Å². The summed E-state index contributed by atoms with van der Waals surface area (Å²) in [7, 11) is 0. The number of rotatable bonds is 7. The molecule has 1 saturated heterocycles. The van der Waals surface area contributed by atoms with Crippen molar-refractivity contribution in [1.29, 1.82) is 0 Å². The van der Waals surface area contributed by atoms with Crippen LogP contribution in [0.5, 0.6) is 0 Å². The number of carbonyl (C=O) groups is 4. The summed E-state index contributed by atoms with van der Waals surface area (Å²) in [6, 6.07) is 5.60. The Hall–Kier alpha value is -2.35. The summed E-state index contributed by atoms with van der Waals surface area (Å²) < 4.78 is 5.29. The molecule has 2 atom stereocenters. The quantitative estimate of drug-likeness (QED) is 0.499. The molecule has 0 N–H and O–H groups in total. The first-order valence-corrected chi connectivity index (χ1v) is 11.3. The number of imide groups is 1. The molecule has 0 radical (unpaired) electrons. The van der Waals surface area contributed by atoms with Crippen LogP contribution in [0.25, 0.3) is 0 Å². The lowest BCUT2D eigenvalue weighted by atomic mass is 10.0. The van der Waals surface area contributed by atoms with E-state index < -0.39 is 23.8 Å². The summed E-state index contributed by atoms with van der Waals surface area (Å²) in [5.74, 6) is -1.37. The van der Waals surface area contributed by atoms with Gasteiger partial charge in [-0.05, 0) is 56.7 Å². The Balaban J connectivity index is 1.70. The summed E-state index contributed by atoms with van der Waals surface area (Å²) in [5.41, 5.74) is 0.579. The van der Waals surface area contributed by atoms with Crippen LogP contribution in [-0.2, 0) is 14.3 Å². The number of hydrogen-bond acceptors (Lipinski definition) is 6. The van der Waals surface area contributed by atoms with E-state index in [1.54, 1.807) is 29.2 Å². The van der Waals surface area contributed by atoms with Crippen LogP contribution >= 0.6 is 11.8 Å². The normalized spacial score (nSPS) is 19.9. The van der Waals surface area contributed by atoms with E-state index in [1.165, 1.54) is 11.8 Å². The van der Waals surface area contributed by atoms with Gasteiger partial charge >= 0.3 is 5.97 Å². The number of esters is 1. The Morgan fingerprint density at radius 1 is 1.17 bits per heavy atom. The van der Waals surface area contributed by atoms with Gasteiger partial charge in [-0.1, -0.05) is 12.1 Å². The van der Waals surface area contributed by atoms with Gasteiger partial charge in [0.05, 0.1) is 11.1 Å². The lowest BCUT2D eigenvalue weighted by Crippen LogP contribution is -2.48. The summed E-state index contributed by atoms with van der Waals surface area (Å²) in [6.45, 7) is 2.27. The molecule has 2 aliphatic rings. The number of carbonyl (C=O) groups excluding carboxylic acids is 4. The third-order valence-electron chi connectivity index (χ3n) is 5.47. The highest BCUT2D eigenvalue weighted by Gasteiger charge is 2.43. The SMILES string of the molecule is CSCC[C@@H](C(=O)OCC(=O)N1CCCC[C@@H]1C)N1C(=O)c2ccccc2C1=O. The predicted octanol–water partition coefficient (Wildman–Crippen LogP) is 2.35. The molecule has 8 heteroatoms. The third kappa shape index (κ3) is 4.47. The largest absolute Gasteiger partial charge is 0.454 e. The van der Waals surface area contributed by atoms with Crippen molar-refractivity contribution in [3.8, 4) is 0 Å². The number of benzene rings is 1. The van der Waals surface area contributed by atoms with E-state index in [4.69, 9.17) is 4.74 Å². The molecule has 0 unspecified atom stereocenters. The number of amides is 3. The molecule has 7 nitrogen and oxygen atoms in total. The third-order valence-corrected chi connectivity index (χ3v) is 6.11. The number of ether oxygens (including phenoxy) is 1. The molecule has 0 aliphatic carbocycles. The van der Waals surface area contributed by atoms with Crippen molar-refractivity contribution in [1.82, 2.24) is 9.80 Å². The number of thioether (sulfide) groups is 1. The van der Waals surface area contributed by atoms with Crippen LogP contribution in [0.4, 0.5) is 0 Å². The van der Waals surface area contributed by atoms with Gasteiger partial charge in [-0.25, -0.2) is 4.79 Å². The van der Waals surface area contributed by atoms with Crippen molar-refractivity contribution >= 4 is 35.5 Å². The second kappa shape index (κ2) is 9.43. The maximum absolute atomic E-state index is 12.8. The highest BCUT2D eigenvalue weighted by atomic mass is 32.2. The van der Waals surface area contributed by atoms with Crippen molar-refractivity contribution in [3.05, 3.63) is 35.4 Å². The number of likely N-dealkylation sites (tertiary alicyclic amines) is 1. The first kappa shape index (κ1) is 21.4. The number of fused-ring (bicyclic) bond motifs is 1. The van der Waals surface area contributed by atoms with Gasteiger partial charge in [0.25, 0.3) is 17.7 Å². The van der Waals surface area contributed by atoms with E-state index >= 15 is 0 Å². The van der Waals surface area contributed by atoms with Gasteiger partial charge in [0.15, 0.2) is 6.61 Å². The highest BCUT2D eigenvalue weighted by molar-refractivity contribution is 7.98. The van der Waals surface area contributed by atoms with Crippen LogP contribution in [-0.4, -0.2) is 70.7 Å². The first-order valence-electron chi connectivity index (χ1n) is 9.87. The molecule has 3 rings (SSSR count). The molecule has 0 spiro atoms. The topological polar surface area (TPSA) is 84.0 Å². The zero-order valence-corrected chi connectivity index (χ0v) is 17.6. The molecule has 0 saturated carbocycles.